The standard InChI is InChI=1S/C31H22BrNO.C31H20BrN.C18H14BrN.C13H7BrO.C4H9.ClH.Li.H2O4S.3Y/c32-26-16-12-15-25(23-26)31(34,24-13-4-1-5-14-24)29-21-10-11-22-30(29)33(27-17-6-2-7-18-27)28-19-8-3-9-20-28;32-25-15-11-14-24(22-25)31(23-12-3-1-4-13-23)27-18-7-9-20-29(27)33(26-16-5-2-6-17-26)30-21-10-8-19-28(30)31;19-17-13-7-8-14-18(17)20(15-9-3-1-4-10-15)16-11-5-2-6-12-16;14-12-8-4-7-11(9-12)13(15)10-5-2-1-3-6-10;1-3-4-2;;;1-5(2,3)4;;;/h1-13,16-23,34H;1-12,15-22H;1-14H;1-5,8-9H;1,3-4H2,2H3;1H;;(H2,1,2,3,4);;;/q2*-2;;-2;-1;;+1;;;;. The van der Waals surface area contributed by atoms with Gasteiger partial charge in [-0.3, -0.25) is 9.11 Å². The Morgan fingerprint density at radius 3 is 1.24 bits per heavy atom. The fourth-order valence-corrected chi connectivity index (χ4v) is 14.4. The summed E-state index contributed by atoms with van der Waals surface area (Å²) in [5, 5.41) is 12.6. The van der Waals surface area contributed by atoms with Crippen LogP contribution in [0.2, 0.25) is 0 Å². The monoisotopic (exact) mass is 2030 g/mol. The molecular formula is C97H75Br4ClLiN3O6SY3-6. The van der Waals surface area contributed by atoms with E-state index in [1.807, 2.05) is 164 Å². The zero-order chi connectivity index (χ0) is 78.0. The molecule has 3 radical (unpaired) electrons. The quantitative estimate of drug-likeness (QED) is 0.0303. The van der Waals surface area contributed by atoms with E-state index in [1.165, 1.54) is 17.5 Å². The van der Waals surface area contributed by atoms with Crippen LogP contribution < -0.4 is 33.6 Å². The molecule has 16 rings (SSSR count). The predicted molar refractivity (Wildman–Crippen MR) is 472 cm³/mol. The van der Waals surface area contributed by atoms with Crippen LogP contribution in [0.15, 0.2) is 394 Å². The van der Waals surface area contributed by atoms with E-state index in [9.17, 15) is 9.90 Å². The molecule has 9 nitrogen and oxygen atoms in total. The number of rotatable bonds is 15. The van der Waals surface area contributed by atoms with Crippen molar-refractivity contribution in [2.24, 2.45) is 0 Å². The molecule has 15 aromatic rings. The maximum Gasteiger partial charge on any atom is 1.00 e. The number of halogens is 5. The van der Waals surface area contributed by atoms with Crippen molar-refractivity contribution >= 4 is 143 Å². The third-order valence-electron chi connectivity index (χ3n) is 17.6. The number of hydrogen-bond acceptors (Lipinski definition) is 7. The van der Waals surface area contributed by atoms with Crippen LogP contribution in [0.25, 0.3) is 0 Å². The molecule has 1 aliphatic heterocycles. The molecule has 1 heterocycles. The molecule has 1 aliphatic rings. The molecule has 0 fully saturated rings. The first-order valence-corrected chi connectivity index (χ1v) is 40.0. The third kappa shape index (κ3) is 25.5. The summed E-state index contributed by atoms with van der Waals surface area (Å²) in [5.74, 6) is -0.0584. The van der Waals surface area contributed by atoms with Gasteiger partial charge in [0.25, 0.3) is 0 Å². The van der Waals surface area contributed by atoms with Crippen LogP contribution in [-0.4, -0.2) is 28.4 Å². The number of unbranched alkanes of at least 4 members (excludes halogenated alkanes) is 1. The van der Waals surface area contributed by atoms with Gasteiger partial charge in [-0.05, 0) is 118 Å². The summed E-state index contributed by atoms with van der Waals surface area (Å²) in [7, 11) is -4.67. The van der Waals surface area contributed by atoms with Gasteiger partial charge in [0.05, 0.1) is 34.1 Å². The molecule has 3 N–H and O–H groups in total. The molecule has 0 aliphatic carbocycles. The first-order valence-electron chi connectivity index (χ1n) is 35.4. The van der Waals surface area contributed by atoms with Crippen molar-refractivity contribution in [3.8, 4) is 0 Å². The van der Waals surface area contributed by atoms with Crippen LogP contribution in [0.4, 0.5) is 51.2 Å². The van der Waals surface area contributed by atoms with Crippen LogP contribution >= 0.6 is 76.1 Å². The number of para-hydroxylation sites is 9. The van der Waals surface area contributed by atoms with Crippen LogP contribution in [0.3, 0.4) is 0 Å². The number of carbonyl (C=O) groups excluding carboxylic acids is 1. The Hall–Kier alpha value is -6.68. The van der Waals surface area contributed by atoms with E-state index in [4.69, 9.17) is 17.5 Å². The first-order chi connectivity index (χ1) is 54.0. The Bertz CT molecular complexity index is 5450. The predicted octanol–water partition coefficient (Wildman–Crippen LogP) is 23.6. The molecule has 1 atom stereocenters. The molecular weight excluding hydrogens is 1960 g/mol. The summed E-state index contributed by atoms with van der Waals surface area (Å²) in [5.41, 5.74) is 15.5. The molecule has 116 heavy (non-hydrogen) atoms. The van der Waals surface area contributed by atoms with Crippen molar-refractivity contribution in [2.45, 2.75) is 30.8 Å². The van der Waals surface area contributed by atoms with Crippen molar-refractivity contribution in [3.63, 3.8) is 0 Å². The Balaban J connectivity index is 0.000000237. The van der Waals surface area contributed by atoms with E-state index in [2.05, 4.69) is 317 Å². The SMILES string of the molecule is Brc1cc[c-]c(C2(c3[c-]cccc3)c3ccccc3N(c3ccccc3)c3ccccc32)c1.Brc1ccccc1N(c1ccccc1)c1ccccc1.Cl.O=C(c1[c-]cccc1)c1[c-]ccc(Br)c1.O=S(=O)(O)O.OC(c1[c-]cccc1)(c1[c-]ccc(Br)c1)c1ccccc1N(c1ccccc1)c1ccccc1.[CH2-]CCC.[Li+].[Y].[Y].[Y]. The third-order valence-corrected chi connectivity index (χ3v) is 19.8. The summed E-state index contributed by atoms with van der Waals surface area (Å²) in [6.07, 6.45) is 2.28. The second-order valence-electron chi connectivity index (χ2n) is 24.9. The first kappa shape index (κ1) is 98.1. The number of ketones is 1. The Morgan fingerprint density at radius 2 is 0.793 bits per heavy atom. The van der Waals surface area contributed by atoms with E-state index in [1.54, 1.807) is 24.3 Å². The van der Waals surface area contributed by atoms with Crippen molar-refractivity contribution in [1.29, 1.82) is 0 Å². The van der Waals surface area contributed by atoms with Gasteiger partial charge in [-0.25, -0.2) is 0 Å². The summed E-state index contributed by atoms with van der Waals surface area (Å²) in [4.78, 5) is 18.7. The van der Waals surface area contributed by atoms with Gasteiger partial charge in [0.2, 0.25) is 0 Å². The van der Waals surface area contributed by atoms with E-state index in [0.717, 1.165) is 92.2 Å². The van der Waals surface area contributed by atoms with Gasteiger partial charge in [0.15, 0.2) is 0 Å². The van der Waals surface area contributed by atoms with E-state index in [0.29, 0.717) is 22.3 Å². The van der Waals surface area contributed by atoms with Gasteiger partial charge in [-0.2, -0.15) is 124 Å². The normalized spacial score (nSPS) is 11.4. The summed E-state index contributed by atoms with van der Waals surface area (Å²) in [6, 6.07) is 145. The molecule has 1 unspecified atom stereocenters. The second-order valence-corrected chi connectivity index (χ2v) is 29.4. The summed E-state index contributed by atoms with van der Waals surface area (Å²) < 4.78 is 35.4. The molecule has 0 spiro atoms. The zero-order valence-corrected chi connectivity index (χ0v) is 79.9. The van der Waals surface area contributed by atoms with Gasteiger partial charge >= 0.3 is 29.3 Å². The molecule has 19 heteroatoms. The Morgan fingerprint density at radius 1 is 0.422 bits per heavy atom. The number of aliphatic hydroxyl groups is 1. The molecule has 0 saturated carbocycles. The molecule has 0 bridgehead atoms. The number of hydrogen-bond donors (Lipinski definition) is 3. The van der Waals surface area contributed by atoms with Gasteiger partial charge in [-0.1, -0.05) is 232 Å². The van der Waals surface area contributed by atoms with Crippen LogP contribution in [0.1, 0.15) is 74.6 Å². The minimum Gasteiger partial charge on any atom is -0.380 e. The van der Waals surface area contributed by atoms with Crippen molar-refractivity contribution < 1.29 is 144 Å². The summed E-state index contributed by atoms with van der Waals surface area (Å²) >= 11 is 14.3. The van der Waals surface area contributed by atoms with Crippen molar-refractivity contribution in [2.75, 3.05) is 14.7 Å². The number of nitrogens with zero attached hydrogens (tertiary/aromatic N) is 3. The van der Waals surface area contributed by atoms with Gasteiger partial charge in [0, 0.05) is 142 Å². The Labute approximate surface area is 810 Å². The fourth-order valence-electron chi connectivity index (χ4n) is 12.8. The minimum atomic E-state index is -4.67. The van der Waals surface area contributed by atoms with Crippen LogP contribution in [0, 0.1) is 43.3 Å². The minimum absolute atomic E-state index is 0. The van der Waals surface area contributed by atoms with E-state index < -0.39 is 21.4 Å². The van der Waals surface area contributed by atoms with Gasteiger partial charge < -0.3 is 31.5 Å². The number of benzene rings is 15. The fraction of sp³-hybridized carbons (Fsp3) is 0.0515. The smallest absolute Gasteiger partial charge is 0.380 e. The van der Waals surface area contributed by atoms with E-state index >= 15 is 0 Å². The average molecular weight is 2040 g/mol. The van der Waals surface area contributed by atoms with Gasteiger partial charge in [0.1, 0.15) is 0 Å². The van der Waals surface area contributed by atoms with Crippen molar-refractivity contribution in [1.82, 2.24) is 0 Å². The molecule has 0 saturated heterocycles. The largest absolute Gasteiger partial charge is 1.00 e. The van der Waals surface area contributed by atoms with Crippen molar-refractivity contribution in [3.05, 3.63) is 487 Å². The zero-order valence-electron chi connectivity index (χ0n) is 63.4. The average Bonchev–Trinajstić information content (AvgIpc) is 0.693. The molecule has 0 aromatic heterocycles. The maximum absolute atomic E-state index is 12.6. The Kier molecular flexibility index (Phi) is 41.6. The molecule has 571 valence electrons. The number of carbonyl (C=O) groups is 1. The second kappa shape index (κ2) is 49.1. The maximum atomic E-state index is 12.6. The van der Waals surface area contributed by atoms with Gasteiger partial charge in [-0.15, -0.1) is 100 Å². The topological polar surface area (TPSA) is 122 Å². The number of anilines is 9. The van der Waals surface area contributed by atoms with E-state index in [-0.39, 0.29) is 135 Å². The molecule has 0 amide bonds. The summed E-state index contributed by atoms with van der Waals surface area (Å²) in [6.45, 7) is 5.72. The molecule has 15 aromatic carbocycles. The van der Waals surface area contributed by atoms with Crippen LogP contribution in [-0.2, 0) is 120 Å². The van der Waals surface area contributed by atoms with Crippen LogP contribution in [0.5, 0.6) is 0 Å². The number of fused-ring (bicyclic) bond motifs is 2.